The van der Waals surface area contributed by atoms with Gasteiger partial charge >= 0.3 is 5.97 Å². The maximum atomic E-state index is 11.4. The molecule has 3 nitrogen and oxygen atoms in total. The molecule has 0 saturated heterocycles. The number of esters is 1. The van der Waals surface area contributed by atoms with E-state index in [2.05, 4.69) is 13.2 Å². The molecule has 0 spiro atoms. The summed E-state index contributed by atoms with van der Waals surface area (Å²) in [6.07, 6.45) is 5.25. The second-order valence-electron chi connectivity index (χ2n) is 4.78. The van der Waals surface area contributed by atoms with Gasteiger partial charge in [-0.15, -0.1) is 0 Å². The van der Waals surface area contributed by atoms with Crippen LogP contribution in [0.1, 0.15) is 46.5 Å². The molecular formula is C15H24O3. The SMILES string of the molecule is C=CC(=O)CC(CC)C[C@](C)(CC)OC(=O)C=C. The molecule has 0 N–H and O–H groups in total. The quantitative estimate of drug-likeness (QED) is 0.466. The summed E-state index contributed by atoms with van der Waals surface area (Å²) in [7, 11) is 0. The molecule has 0 aliphatic carbocycles. The van der Waals surface area contributed by atoms with Crippen molar-refractivity contribution in [1.82, 2.24) is 0 Å². The van der Waals surface area contributed by atoms with Crippen LogP contribution in [0, 0.1) is 5.92 Å². The van der Waals surface area contributed by atoms with E-state index >= 15 is 0 Å². The predicted octanol–water partition coefficient (Wildman–Crippen LogP) is 3.45. The Labute approximate surface area is 110 Å². The molecule has 0 aromatic rings. The fraction of sp³-hybridized carbons (Fsp3) is 0.600. The van der Waals surface area contributed by atoms with Crippen LogP contribution in [0.15, 0.2) is 25.3 Å². The van der Waals surface area contributed by atoms with Crippen LogP contribution in [0.4, 0.5) is 0 Å². The first-order valence-corrected chi connectivity index (χ1v) is 6.41. The van der Waals surface area contributed by atoms with E-state index in [1.165, 1.54) is 12.2 Å². The van der Waals surface area contributed by atoms with Crippen molar-refractivity contribution >= 4 is 11.8 Å². The van der Waals surface area contributed by atoms with E-state index in [0.29, 0.717) is 19.3 Å². The van der Waals surface area contributed by atoms with Crippen molar-refractivity contribution in [2.24, 2.45) is 5.92 Å². The first kappa shape index (κ1) is 16.6. The highest BCUT2D eigenvalue weighted by molar-refractivity contribution is 5.89. The minimum atomic E-state index is -0.534. The third kappa shape index (κ3) is 5.80. The molecule has 0 aliphatic heterocycles. The van der Waals surface area contributed by atoms with Crippen LogP contribution in [0.3, 0.4) is 0 Å². The van der Waals surface area contributed by atoms with Crippen molar-refractivity contribution in [1.29, 1.82) is 0 Å². The average Bonchev–Trinajstić information content (AvgIpc) is 2.37. The first-order chi connectivity index (χ1) is 8.40. The Kier molecular flexibility index (Phi) is 7.25. The number of ether oxygens (including phenoxy) is 1. The van der Waals surface area contributed by atoms with E-state index in [1.807, 2.05) is 20.8 Å². The fourth-order valence-corrected chi connectivity index (χ4v) is 1.88. The van der Waals surface area contributed by atoms with E-state index in [0.717, 1.165) is 6.42 Å². The number of rotatable bonds is 9. The number of allylic oxidation sites excluding steroid dienone is 1. The van der Waals surface area contributed by atoms with Crippen LogP contribution in [0.5, 0.6) is 0 Å². The summed E-state index contributed by atoms with van der Waals surface area (Å²) in [5, 5.41) is 0. The van der Waals surface area contributed by atoms with Gasteiger partial charge in [-0.05, 0) is 31.8 Å². The predicted molar refractivity (Wildman–Crippen MR) is 73.2 cm³/mol. The molecule has 0 saturated carbocycles. The molecule has 0 bridgehead atoms. The molecule has 102 valence electrons. The monoisotopic (exact) mass is 252 g/mol. The van der Waals surface area contributed by atoms with E-state index in [9.17, 15) is 9.59 Å². The van der Waals surface area contributed by atoms with E-state index < -0.39 is 11.6 Å². The lowest BCUT2D eigenvalue weighted by atomic mass is 9.85. The van der Waals surface area contributed by atoms with Crippen molar-refractivity contribution in [2.45, 2.75) is 52.1 Å². The normalized spacial score (nSPS) is 15.3. The van der Waals surface area contributed by atoms with Gasteiger partial charge in [0, 0.05) is 12.5 Å². The molecule has 0 heterocycles. The first-order valence-electron chi connectivity index (χ1n) is 6.41. The molecule has 0 aliphatic rings. The molecule has 0 fully saturated rings. The fourth-order valence-electron chi connectivity index (χ4n) is 1.88. The summed E-state index contributed by atoms with van der Waals surface area (Å²) in [5.41, 5.74) is -0.534. The molecular weight excluding hydrogens is 228 g/mol. The van der Waals surface area contributed by atoms with Gasteiger partial charge in [0.2, 0.25) is 0 Å². The lowest BCUT2D eigenvalue weighted by Gasteiger charge is -2.31. The van der Waals surface area contributed by atoms with E-state index in [1.54, 1.807) is 0 Å². The van der Waals surface area contributed by atoms with Crippen molar-refractivity contribution in [3.8, 4) is 0 Å². The molecule has 0 aromatic heterocycles. The highest BCUT2D eigenvalue weighted by Gasteiger charge is 2.29. The second-order valence-corrected chi connectivity index (χ2v) is 4.78. The topological polar surface area (TPSA) is 43.4 Å². The van der Waals surface area contributed by atoms with Crippen LogP contribution in [-0.2, 0) is 14.3 Å². The largest absolute Gasteiger partial charge is 0.456 e. The smallest absolute Gasteiger partial charge is 0.330 e. The Bertz CT molecular complexity index is 320. The molecule has 3 heteroatoms. The van der Waals surface area contributed by atoms with Gasteiger partial charge in [-0.1, -0.05) is 33.4 Å². The minimum absolute atomic E-state index is 0.0374. The van der Waals surface area contributed by atoms with Gasteiger partial charge < -0.3 is 4.74 Å². The molecule has 1 unspecified atom stereocenters. The zero-order chi connectivity index (χ0) is 14.2. The number of carbonyl (C=O) groups is 2. The molecule has 18 heavy (non-hydrogen) atoms. The lowest BCUT2D eigenvalue weighted by molar-refractivity contribution is -0.154. The van der Waals surface area contributed by atoms with Gasteiger partial charge in [-0.25, -0.2) is 4.79 Å². The third-order valence-electron chi connectivity index (χ3n) is 3.28. The summed E-state index contributed by atoms with van der Waals surface area (Å²) in [4.78, 5) is 22.7. The van der Waals surface area contributed by atoms with Crippen LogP contribution >= 0.6 is 0 Å². The van der Waals surface area contributed by atoms with Gasteiger partial charge in [0.25, 0.3) is 0 Å². The average molecular weight is 252 g/mol. The van der Waals surface area contributed by atoms with E-state index in [4.69, 9.17) is 4.74 Å². The zero-order valence-corrected chi connectivity index (χ0v) is 11.7. The second kappa shape index (κ2) is 7.85. The van der Waals surface area contributed by atoms with Gasteiger partial charge in [0.15, 0.2) is 5.78 Å². The highest BCUT2D eigenvalue weighted by atomic mass is 16.6. The summed E-state index contributed by atoms with van der Waals surface area (Å²) in [5.74, 6) is -0.169. The maximum Gasteiger partial charge on any atom is 0.330 e. The van der Waals surface area contributed by atoms with Gasteiger partial charge in [0.1, 0.15) is 5.60 Å². The molecule has 0 aromatic carbocycles. The Hall–Kier alpha value is -1.38. The number of hydrogen-bond acceptors (Lipinski definition) is 3. The number of ketones is 1. The van der Waals surface area contributed by atoms with Crippen LogP contribution in [0.2, 0.25) is 0 Å². The number of hydrogen-bond donors (Lipinski definition) is 0. The van der Waals surface area contributed by atoms with Gasteiger partial charge in [-0.2, -0.15) is 0 Å². The Morgan fingerprint density at radius 2 is 1.89 bits per heavy atom. The van der Waals surface area contributed by atoms with Crippen molar-refractivity contribution < 1.29 is 14.3 Å². The van der Waals surface area contributed by atoms with Crippen LogP contribution in [-0.4, -0.2) is 17.4 Å². The van der Waals surface area contributed by atoms with E-state index in [-0.39, 0.29) is 11.7 Å². The summed E-state index contributed by atoms with van der Waals surface area (Å²) in [6.45, 7) is 12.8. The Morgan fingerprint density at radius 3 is 2.28 bits per heavy atom. The number of carbonyl (C=O) groups excluding carboxylic acids is 2. The lowest BCUT2D eigenvalue weighted by Crippen LogP contribution is -2.33. The summed E-state index contributed by atoms with van der Waals surface area (Å²) in [6, 6.07) is 0. The Balaban J connectivity index is 4.64. The van der Waals surface area contributed by atoms with Gasteiger partial charge in [0.05, 0.1) is 0 Å². The van der Waals surface area contributed by atoms with Gasteiger partial charge in [-0.3, -0.25) is 4.79 Å². The van der Waals surface area contributed by atoms with Crippen molar-refractivity contribution in [2.75, 3.05) is 0 Å². The maximum absolute atomic E-state index is 11.4. The standard InChI is InChI=1S/C15H24O3/c1-6-12(10-13(16)7-2)11-15(5,9-4)18-14(17)8-3/h7-8,12H,2-3,6,9-11H2,1,4-5H3/t12?,15-/m0/s1. The van der Waals surface area contributed by atoms with Crippen LogP contribution in [0.25, 0.3) is 0 Å². The molecule has 0 radical (unpaired) electrons. The Morgan fingerprint density at radius 1 is 1.28 bits per heavy atom. The zero-order valence-electron chi connectivity index (χ0n) is 11.7. The molecule has 0 amide bonds. The summed E-state index contributed by atoms with van der Waals surface area (Å²) >= 11 is 0. The molecule has 0 rings (SSSR count). The summed E-state index contributed by atoms with van der Waals surface area (Å²) < 4.78 is 5.39. The van der Waals surface area contributed by atoms with Crippen molar-refractivity contribution in [3.05, 3.63) is 25.3 Å². The third-order valence-corrected chi connectivity index (χ3v) is 3.28. The molecule has 2 atom stereocenters. The van der Waals surface area contributed by atoms with Crippen molar-refractivity contribution in [3.63, 3.8) is 0 Å². The minimum Gasteiger partial charge on any atom is -0.456 e. The highest BCUT2D eigenvalue weighted by Crippen LogP contribution is 2.28. The van der Waals surface area contributed by atoms with Crippen LogP contribution < -0.4 is 0 Å².